The van der Waals surface area contributed by atoms with Gasteiger partial charge in [0.2, 0.25) is 0 Å². The van der Waals surface area contributed by atoms with Gasteiger partial charge in [0.15, 0.2) is 0 Å². The van der Waals surface area contributed by atoms with Crippen LogP contribution in [0.4, 0.5) is 0 Å². The minimum Gasteiger partial charge on any atom is -0.334 e. The van der Waals surface area contributed by atoms with Gasteiger partial charge in [-0.3, -0.25) is 0 Å². The van der Waals surface area contributed by atoms with Crippen molar-refractivity contribution in [2.24, 2.45) is 0 Å². The minimum atomic E-state index is 0.996. The van der Waals surface area contributed by atoms with Gasteiger partial charge in [0, 0.05) is 36.9 Å². The van der Waals surface area contributed by atoms with E-state index in [1.165, 1.54) is 4.88 Å². The summed E-state index contributed by atoms with van der Waals surface area (Å²) < 4.78 is 2.16. The van der Waals surface area contributed by atoms with E-state index in [0.717, 1.165) is 31.9 Å². The van der Waals surface area contributed by atoms with Gasteiger partial charge in [-0.1, -0.05) is 6.07 Å². The molecule has 0 bridgehead atoms. The van der Waals surface area contributed by atoms with Gasteiger partial charge in [0.25, 0.3) is 0 Å². The summed E-state index contributed by atoms with van der Waals surface area (Å²) in [4.78, 5) is 5.64. The quantitative estimate of drug-likeness (QED) is 0.777. The predicted octanol–water partition coefficient (Wildman–Crippen LogP) is 2.09. The Labute approximate surface area is 100 Å². The van der Waals surface area contributed by atoms with E-state index >= 15 is 0 Å². The number of hydrogen-bond acceptors (Lipinski definition) is 3. The molecule has 2 aromatic heterocycles. The van der Waals surface area contributed by atoms with E-state index in [0.29, 0.717) is 0 Å². The summed E-state index contributed by atoms with van der Waals surface area (Å²) in [5.41, 5.74) is 0. The van der Waals surface area contributed by atoms with Crippen LogP contribution in [0.15, 0.2) is 29.9 Å². The Balaban J connectivity index is 1.61. The molecular formula is C12H17N3S. The van der Waals surface area contributed by atoms with Crippen LogP contribution in [0.5, 0.6) is 0 Å². The highest BCUT2D eigenvalue weighted by atomic mass is 32.1. The molecule has 2 rings (SSSR count). The second kappa shape index (κ2) is 5.82. The maximum Gasteiger partial charge on any atom is 0.105 e. The summed E-state index contributed by atoms with van der Waals surface area (Å²) in [5, 5.41) is 5.58. The van der Waals surface area contributed by atoms with Gasteiger partial charge in [-0.15, -0.1) is 11.3 Å². The van der Waals surface area contributed by atoms with E-state index < -0.39 is 0 Å². The predicted molar refractivity (Wildman–Crippen MR) is 67.9 cm³/mol. The van der Waals surface area contributed by atoms with Crippen LogP contribution in [0.25, 0.3) is 0 Å². The molecule has 16 heavy (non-hydrogen) atoms. The van der Waals surface area contributed by atoms with Crippen molar-refractivity contribution >= 4 is 11.3 Å². The molecule has 0 spiro atoms. The minimum absolute atomic E-state index is 0.996. The SMILES string of the molecule is Cc1nccn1CCNCCc1cccs1. The van der Waals surface area contributed by atoms with E-state index in [9.17, 15) is 0 Å². The van der Waals surface area contributed by atoms with Crippen LogP contribution in [0.2, 0.25) is 0 Å². The molecule has 0 aliphatic carbocycles. The molecule has 0 unspecified atom stereocenters. The molecule has 2 heterocycles. The fraction of sp³-hybridized carbons (Fsp3) is 0.417. The first-order valence-electron chi connectivity index (χ1n) is 5.57. The fourth-order valence-corrected chi connectivity index (χ4v) is 2.34. The van der Waals surface area contributed by atoms with Crippen molar-refractivity contribution in [2.45, 2.75) is 19.9 Å². The Morgan fingerprint density at radius 2 is 2.38 bits per heavy atom. The van der Waals surface area contributed by atoms with Gasteiger partial charge in [-0.2, -0.15) is 0 Å². The lowest BCUT2D eigenvalue weighted by Gasteiger charge is -2.06. The summed E-state index contributed by atoms with van der Waals surface area (Å²) >= 11 is 1.83. The first-order valence-corrected chi connectivity index (χ1v) is 6.45. The normalized spacial score (nSPS) is 10.8. The van der Waals surface area contributed by atoms with Gasteiger partial charge in [0.1, 0.15) is 5.82 Å². The van der Waals surface area contributed by atoms with Gasteiger partial charge < -0.3 is 9.88 Å². The van der Waals surface area contributed by atoms with Gasteiger partial charge in [-0.05, 0) is 24.8 Å². The molecular weight excluding hydrogens is 218 g/mol. The molecule has 1 N–H and O–H groups in total. The van der Waals surface area contributed by atoms with E-state index in [1.54, 1.807) is 0 Å². The van der Waals surface area contributed by atoms with Crippen molar-refractivity contribution in [1.29, 1.82) is 0 Å². The van der Waals surface area contributed by atoms with Crippen LogP contribution in [0, 0.1) is 6.92 Å². The number of aryl methyl sites for hydroxylation is 1. The van der Waals surface area contributed by atoms with E-state index in [4.69, 9.17) is 0 Å². The van der Waals surface area contributed by atoms with Gasteiger partial charge in [-0.25, -0.2) is 4.98 Å². The second-order valence-corrected chi connectivity index (χ2v) is 4.78. The van der Waals surface area contributed by atoms with Crippen molar-refractivity contribution in [1.82, 2.24) is 14.9 Å². The highest BCUT2D eigenvalue weighted by molar-refractivity contribution is 7.09. The number of thiophene rings is 1. The van der Waals surface area contributed by atoms with Crippen molar-refractivity contribution in [3.05, 3.63) is 40.6 Å². The molecule has 2 aromatic rings. The maximum atomic E-state index is 4.19. The summed E-state index contributed by atoms with van der Waals surface area (Å²) in [6, 6.07) is 4.29. The lowest BCUT2D eigenvalue weighted by atomic mass is 10.3. The number of aromatic nitrogens is 2. The number of nitrogens with one attached hydrogen (secondary N) is 1. The molecule has 0 fully saturated rings. The standard InChI is InChI=1S/C12H17N3S/c1-11-14-7-9-15(11)8-6-13-5-4-12-3-2-10-16-12/h2-3,7,9-10,13H,4-6,8H2,1H3. The first-order chi connectivity index (χ1) is 7.86. The molecule has 0 radical (unpaired) electrons. The molecule has 0 saturated carbocycles. The van der Waals surface area contributed by atoms with Crippen LogP contribution in [0.1, 0.15) is 10.7 Å². The van der Waals surface area contributed by atoms with Crippen LogP contribution in [-0.4, -0.2) is 22.6 Å². The Morgan fingerprint density at radius 1 is 1.44 bits per heavy atom. The lowest BCUT2D eigenvalue weighted by molar-refractivity contribution is 0.590. The van der Waals surface area contributed by atoms with E-state index in [2.05, 4.69) is 32.4 Å². The fourth-order valence-electron chi connectivity index (χ4n) is 1.63. The highest BCUT2D eigenvalue weighted by Gasteiger charge is 1.96. The summed E-state index contributed by atoms with van der Waals surface area (Å²) in [5.74, 6) is 1.08. The molecule has 86 valence electrons. The van der Waals surface area contributed by atoms with Gasteiger partial charge >= 0.3 is 0 Å². The van der Waals surface area contributed by atoms with Crippen LogP contribution < -0.4 is 5.32 Å². The molecule has 0 saturated heterocycles. The van der Waals surface area contributed by atoms with E-state index in [1.807, 2.05) is 30.7 Å². The maximum absolute atomic E-state index is 4.19. The van der Waals surface area contributed by atoms with Crippen molar-refractivity contribution in [3.63, 3.8) is 0 Å². The molecule has 0 aliphatic heterocycles. The largest absolute Gasteiger partial charge is 0.334 e. The summed E-state index contributed by atoms with van der Waals surface area (Å²) in [7, 11) is 0. The zero-order chi connectivity index (χ0) is 11.2. The van der Waals surface area contributed by atoms with Crippen LogP contribution >= 0.6 is 11.3 Å². The molecule has 0 atom stereocenters. The Bertz CT molecular complexity index is 406. The van der Waals surface area contributed by atoms with Crippen molar-refractivity contribution in [3.8, 4) is 0 Å². The topological polar surface area (TPSA) is 29.9 Å². The van der Waals surface area contributed by atoms with Crippen molar-refractivity contribution in [2.75, 3.05) is 13.1 Å². The zero-order valence-electron chi connectivity index (χ0n) is 9.52. The third-order valence-corrected chi connectivity index (χ3v) is 3.52. The average molecular weight is 235 g/mol. The average Bonchev–Trinajstić information content (AvgIpc) is 2.90. The monoisotopic (exact) mass is 235 g/mol. The smallest absolute Gasteiger partial charge is 0.105 e. The highest BCUT2D eigenvalue weighted by Crippen LogP contribution is 2.07. The zero-order valence-corrected chi connectivity index (χ0v) is 10.3. The molecule has 0 aromatic carbocycles. The van der Waals surface area contributed by atoms with Crippen molar-refractivity contribution < 1.29 is 0 Å². The summed E-state index contributed by atoms with van der Waals surface area (Å²) in [6.45, 7) is 5.08. The molecule has 0 aliphatic rings. The molecule has 3 nitrogen and oxygen atoms in total. The first kappa shape index (κ1) is 11.4. The number of rotatable bonds is 6. The van der Waals surface area contributed by atoms with Crippen LogP contribution in [0.3, 0.4) is 0 Å². The number of nitrogens with zero attached hydrogens (tertiary/aromatic N) is 2. The van der Waals surface area contributed by atoms with Crippen LogP contribution in [-0.2, 0) is 13.0 Å². The third kappa shape index (κ3) is 3.18. The molecule has 4 heteroatoms. The summed E-state index contributed by atoms with van der Waals surface area (Å²) in [6.07, 6.45) is 5.00. The van der Waals surface area contributed by atoms with Gasteiger partial charge in [0.05, 0.1) is 0 Å². The molecule has 0 amide bonds. The van der Waals surface area contributed by atoms with E-state index in [-0.39, 0.29) is 0 Å². The second-order valence-electron chi connectivity index (χ2n) is 3.75. The number of imidazole rings is 1. The number of hydrogen-bond donors (Lipinski definition) is 1. The lowest BCUT2D eigenvalue weighted by Crippen LogP contribution is -2.22. The Kier molecular flexibility index (Phi) is 4.13. The third-order valence-electron chi connectivity index (χ3n) is 2.58. The Hall–Kier alpha value is -1.13. The Morgan fingerprint density at radius 3 is 3.06 bits per heavy atom.